The van der Waals surface area contributed by atoms with Crippen LogP contribution in [0.3, 0.4) is 0 Å². The van der Waals surface area contributed by atoms with Crippen molar-refractivity contribution in [1.29, 1.82) is 0 Å². The summed E-state index contributed by atoms with van der Waals surface area (Å²) in [5.41, 5.74) is 8.81. The Morgan fingerprint density at radius 2 is 1.84 bits per heavy atom. The van der Waals surface area contributed by atoms with Gasteiger partial charge in [0.2, 0.25) is 0 Å². The van der Waals surface area contributed by atoms with Crippen LogP contribution < -0.4 is 5.73 Å². The molecule has 4 rings (SSSR count). The molecule has 1 aromatic rings. The van der Waals surface area contributed by atoms with Gasteiger partial charge in [0.15, 0.2) is 0 Å². The molecule has 0 atom stereocenters. The van der Waals surface area contributed by atoms with E-state index in [1.54, 1.807) is 5.56 Å². The average molecular weight is 259 g/mol. The van der Waals surface area contributed by atoms with E-state index in [-0.39, 0.29) is 0 Å². The highest BCUT2D eigenvalue weighted by Crippen LogP contribution is 2.47. The SMILES string of the molecule is NCC1CC(n2cc(C3CCCC3)c(C3CC3)n2)C1. The number of nitrogens with two attached hydrogens (primary N) is 1. The fourth-order valence-corrected chi connectivity index (χ4v) is 3.94. The quantitative estimate of drug-likeness (QED) is 0.901. The Morgan fingerprint density at radius 1 is 1.11 bits per heavy atom. The van der Waals surface area contributed by atoms with Gasteiger partial charge in [0.1, 0.15) is 0 Å². The van der Waals surface area contributed by atoms with Gasteiger partial charge in [-0.05, 0) is 62.5 Å². The number of nitrogens with zero attached hydrogens (tertiary/aromatic N) is 2. The molecule has 0 aromatic carbocycles. The minimum atomic E-state index is 0.640. The summed E-state index contributed by atoms with van der Waals surface area (Å²) in [6, 6.07) is 0.640. The van der Waals surface area contributed by atoms with E-state index in [4.69, 9.17) is 10.8 Å². The lowest BCUT2D eigenvalue weighted by molar-refractivity contribution is 0.189. The second-order valence-electron chi connectivity index (χ2n) is 6.93. The van der Waals surface area contributed by atoms with Crippen molar-refractivity contribution in [2.75, 3.05) is 6.54 Å². The van der Waals surface area contributed by atoms with Gasteiger partial charge < -0.3 is 5.73 Å². The van der Waals surface area contributed by atoms with Crippen molar-refractivity contribution in [3.05, 3.63) is 17.5 Å². The van der Waals surface area contributed by atoms with Crippen LogP contribution >= 0.6 is 0 Å². The molecule has 3 aliphatic carbocycles. The third-order valence-electron chi connectivity index (χ3n) is 5.47. The second-order valence-corrected chi connectivity index (χ2v) is 6.93. The Hall–Kier alpha value is -0.830. The first kappa shape index (κ1) is 12.0. The van der Waals surface area contributed by atoms with Gasteiger partial charge in [-0.1, -0.05) is 12.8 Å². The molecule has 1 aromatic heterocycles. The Labute approximate surface area is 115 Å². The molecule has 0 unspecified atom stereocenters. The van der Waals surface area contributed by atoms with Gasteiger partial charge >= 0.3 is 0 Å². The lowest BCUT2D eigenvalue weighted by Crippen LogP contribution is -2.32. The normalized spacial score (nSPS) is 31.6. The molecule has 3 fully saturated rings. The van der Waals surface area contributed by atoms with E-state index in [9.17, 15) is 0 Å². The van der Waals surface area contributed by atoms with Crippen molar-refractivity contribution in [3.63, 3.8) is 0 Å². The van der Waals surface area contributed by atoms with Crippen molar-refractivity contribution in [3.8, 4) is 0 Å². The molecule has 3 heteroatoms. The Bertz CT molecular complexity index is 449. The fraction of sp³-hybridized carbons (Fsp3) is 0.812. The molecular weight excluding hydrogens is 234 g/mol. The molecule has 0 saturated heterocycles. The molecule has 0 radical (unpaired) electrons. The van der Waals surface area contributed by atoms with Gasteiger partial charge in [-0.15, -0.1) is 0 Å². The van der Waals surface area contributed by atoms with Crippen LogP contribution in [-0.2, 0) is 0 Å². The summed E-state index contributed by atoms with van der Waals surface area (Å²) in [6.07, 6.45) is 13.2. The van der Waals surface area contributed by atoms with Gasteiger partial charge in [0, 0.05) is 12.1 Å². The number of hydrogen-bond acceptors (Lipinski definition) is 2. The molecule has 0 spiro atoms. The third-order valence-corrected chi connectivity index (χ3v) is 5.47. The van der Waals surface area contributed by atoms with E-state index >= 15 is 0 Å². The lowest BCUT2D eigenvalue weighted by Gasteiger charge is -2.34. The van der Waals surface area contributed by atoms with Crippen molar-refractivity contribution in [2.45, 2.75) is 69.2 Å². The zero-order chi connectivity index (χ0) is 12.8. The minimum Gasteiger partial charge on any atom is -0.330 e. The van der Waals surface area contributed by atoms with Crippen molar-refractivity contribution >= 4 is 0 Å². The van der Waals surface area contributed by atoms with E-state index in [1.807, 2.05) is 0 Å². The summed E-state index contributed by atoms with van der Waals surface area (Å²) >= 11 is 0. The summed E-state index contributed by atoms with van der Waals surface area (Å²) in [4.78, 5) is 0. The standard InChI is InChI=1S/C16H25N3/c17-9-11-7-14(8-11)19-10-15(12-3-1-2-4-12)16(18-19)13-5-6-13/h10-14H,1-9,17H2. The maximum Gasteiger partial charge on any atom is 0.0690 e. The van der Waals surface area contributed by atoms with E-state index in [0.717, 1.165) is 24.3 Å². The first-order chi connectivity index (χ1) is 9.35. The summed E-state index contributed by atoms with van der Waals surface area (Å²) in [7, 11) is 0. The van der Waals surface area contributed by atoms with E-state index in [1.165, 1.54) is 57.1 Å². The summed E-state index contributed by atoms with van der Waals surface area (Å²) in [5, 5.41) is 4.98. The monoisotopic (exact) mass is 259 g/mol. The fourth-order valence-electron chi connectivity index (χ4n) is 3.94. The predicted octanol–water partition coefficient (Wildman–Crippen LogP) is 3.33. The average Bonchev–Trinajstić information content (AvgIpc) is 2.90. The molecular formula is C16H25N3. The molecule has 19 heavy (non-hydrogen) atoms. The molecule has 0 bridgehead atoms. The highest BCUT2D eigenvalue weighted by atomic mass is 15.3. The van der Waals surface area contributed by atoms with E-state index in [2.05, 4.69) is 10.9 Å². The second kappa shape index (κ2) is 4.62. The van der Waals surface area contributed by atoms with Gasteiger partial charge in [-0.25, -0.2) is 0 Å². The van der Waals surface area contributed by atoms with Crippen LogP contribution in [0.15, 0.2) is 6.20 Å². The van der Waals surface area contributed by atoms with E-state index in [0.29, 0.717) is 6.04 Å². The molecule has 3 nitrogen and oxygen atoms in total. The zero-order valence-corrected chi connectivity index (χ0v) is 11.7. The van der Waals surface area contributed by atoms with Crippen molar-refractivity contribution in [1.82, 2.24) is 9.78 Å². The van der Waals surface area contributed by atoms with Gasteiger partial charge in [0.25, 0.3) is 0 Å². The lowest BCUT2D eigenvalue weighted by atomic mass is 9.80. The van der Waals surface area contributed by atoms with Crippen LogP contribution in [0, 0.1) is 5.92 Å². The van der Waals surface area contributed by atoms with Crippen molar-refractivity contribution in [2.24, 2.45) is 11.7 Å². The maximum atomic E-state index is 5.74. The van der Waals surface area contributed by atoms with Crippen LogP contribution in [-0.4, -0.2) is 16.3 Å². The smallest absolute Gasteiger partial charge is 0.0690 e. The number of aromatic nitrogens is 2. The summed E-state index contributed by atoms with van der Waals surface area (Å²) in [6.45, 7) is 0.850. The third kappa shape index (κ3) is 2.12. The molecule has 0 amide bonds. The van der Waals surface area contributed by atoms with Crippen LogP contribution in [0.25, 0.3) is 0 Å². The van der Waals surface area contributed by atoms with Gasteiger partial charge in [-0.3, -0.25) is 4.68 Å². The summed E-state index contributed by atoms with van der Waals surface area (Å²) < 4.78 is 2.30. The maximum absolute atomic E-state index is 5.74. The highest BCUT2D eigenvalue weighted by Gasteiger charge is 2.35. The number of hydrogen-bond donors (Lipinski definition) is 1. The summed E-state index contributed by atoms with van der Waals surface area (Å²) in [5.74, 6) is 2.35. The van der Waals surface area contributed by atoms with Crippen molar-refractivity contribution < 1.29 is 0 Å². The molecule has 104 valence electrons. The highest BCUT2D eigenvalue weighted by molar-refractivity contribution is 5.29. The van der Waals surface area contributed by atoms with Crippen LogP contribution in [0.1, 0.15) is 80.5 Å². The van der Waals surface area contributed by atoms with E-state index < -0.39 is 0 Å². The first-order valence-electron chi connectivity index (χ1n) is 8.14. The molecule has 1 heterocycles. The first-order valence-corrected chi connectivity index (χ1v) is 8.14. The Balaban J connectivity index is 1.57. The zero-order valence-electron chi connectivity index (χ0n) is 11.7. The molecule has 2 N–H and O–H groups in total. The Morgan fingerprint density at radius 3 is 2.47 bits per heavy atom. The molecule has 0 aliphatic heterocycles. The van der Waals surface area contributed by atoms with Gasteiger partial charge in [0.05, 0.1) is 11.7 Å². The predicted molar refractivity (Wildman–Crippen MR) is 76.2 cm³/mol. The largest absolute Gasteiger partial charge is 0.330 e. The van der Waals surface area contributed by atoms with Crippen LogP contribution in [0.2, 0.25) is 0 Å². The molecule has 3 aliphatic rings. The number of rotatable bonds is 4. The Kier molecular flexibility index (Phi) is 2.91. The topological polar surface area (TPSA) is 43.8 Å². The van der Waals surface area contributed by atoms with Crippen LogP contribution in [0.5, 0.6) is 0 Å². The van der Waals surface area contributed by atoms with Crippen LogP contribution in [0.4, 0.5) is 0 Å². The van der Waals surface area contributed by atoms with Gasteiger partial charge in [-0.2, -0.15) is 5.10 Å². The minimum absolute atomic E-state index is 0.640. The molecule has 3 saturated carbocycles.